The molecule has 17 heteroatoms. The van der Waals surface area contributed by atoms with Crippen LogP contribution in [0.2, 0.25) is 15.1 Å². The summed E-state index contributed by atoms with van der Waals surface area (Å²) in [7, 11) is 0. The number of unbranched alkanes of at least 4 members (excludes halogenated alkanes) is 2. The molecule has 4 amide bonds. The first-order chi connectivity index (χ1) is 26.0. The average molecular weight is 820 g/mol. The number of alkyl halides is 3. The third-order valence-corrected chi connectivity index (χ3v) is 12.0. The van der Waals surface area contributed by atoms with Crippen LogP contribution in [0.5, 0.6) is 5.75 Å². The number of anilines is 1. The monoisotopic (exact) mass is 818 g/mol. The van der Waals surface area contributed by atoms with E-state index in [1.54, 1.807) is 18.2 Å². The Morgan fingerprint density at radius 3 is 2.31 bits per heavy atom. The topological polar surface area (TPSA) is 157 Å². The van der Waals surface area contributed by atoms with Crippen molar-refractivity contribution in [2.45, 2.75) is 56.0 Å². The number of carboxylic acid groups (broad SMARTS) is 1. The molecule has 2 saturated heterocycles. The van der Waals surface area contributed by atoms with Crippen molar-refractivity contribution in [2.24, 2.45) is 23.7 Å². The van der Waals surface area contributed by atoms with Crippen LogP contribution >= 0.6 is 34.8 Å². The number of aromatic hydroxyl groups is 1. The van der Waals surface area contributed by atoms with Crippen molar-refractivity contribution < 1.29 is 47.4 Å². The van der Waals surface area contributed by atoms with E-state index in [1.807, 2.05) is 0 Å². The van der Waals surface area contributed by atoms with E-state index in [1.165, 1.54) is 35.2 Å². The summed E-state index contributed by atoms with van der Waals surface area (Å²) >= 11 is 19.0. The summed E-state index contributed by atoms with van der Waals surface area (Å²) in [6.07, 6.45) is -1.26. The fourth-order valence-corrected chi connectivity index (χ4v) is 9.41. The number of carbonyl (C=O) groups excluding carboxylic acids is 4. The maximum atomic E-state index is 15.2. The van der Waals surface area contributed by atoms with Gasteiger partial charge >= 0.3 is 12.1 Å². The predicted octanol–water partition coefficient (Wildman–Crippen LogP) is 7.40. The minimum atomic E-state index is -4.77. The molecule has 7 rings (SSSR count). The molecule has 55 heavy (non-hydrogen) atoms. The van der Waals surface area contributed by atoms with Crippen LogP contribution < -0.4 is 5.43 Å². The van der Waals surface area contributed by atoms with Gasteiger partial charge in [0.25, 0.3) is 11.8 Å². The Kier molecular flexibility index (Phi) is 10.1. The maximum absolute atomic E-state index is 15.2. The molecule has 1 saturated carbocycles. The first-order valence-corrected chi connectivity index (χ1v) is 18.6. The average Bonchev–Trinajstić information content (AvgIpc) is 3.50. The predicted molar refractivity (Wildman–Crippen MR) is 193 cm³/mol. The van der Waals surface area contributed by atoms with Crippen LogP contribution in [-0.2, 0) is 35.6 Å². The molecule has 3 aromatic rings. The largest absolute Gasteiger partial charge is 0.508 e. The molecule has 3 fully saturated rings. The van der Waals surface area contributed by atoms with Gasteiger partial charge in [-0.15, -0.1) is 0 Å². The number of halogens is 6. The lowest BCUT2D eigenvalue weighted by Gasteiger charge is -2.50. The number of carbonyl (C=O) groups is 5. The molecule has 1 aromatic heterocycles. The van der Waals surface area contributed by atoms with Gasteiger partial charge in [-0.05, 0) is 73.6 Å². The van der Waals surface area contributed by atoms with Gasteiger partial charge in [0.1, 0.15) is 5.75 Å². The highest BCUT2D eigenvalue weighted by Gasteiger charge is 2.70. The molecular weight excluding hydrogens is 788 g/mol. The highest BCUT2D eigenvalue weighted by molar-refractivity contribution is 6.33. The molecule has 3 N–H and O–H groups in total. The van der Waals surface area contributed by atoms with Crippen LogP contribution in [0.4, 0.5) is 19.0 Å². The number of rotatable bonds is 10. The number of likely N-dealkylation sites (tertiary alicyclic amines) is 1. The van der Waals surface area contributed by atoms with Crippen molar-refractivity contribution in [1.82, 2.24) is 14.9 Å². The van der Waals surface area contributed by atoms with E-state index in [-0.39, 0.29) is 48.0 Å². The second-order valence-electron chi connectivity index (χ2n) is 14.2. The summed E-state index contributed by atoms with van der Waals surface area (Å²) in [5.41, 5.74) is 0.581. The van der Waals surface area contributed by atoms with Crippen molar-refractivity contribution in [3.05, 3.63) is 98.1 Å². The van der Waals surface area contributed by atoms with Crippen LogP contribution in [0.3, 0.4) is 0 Å². The van der Waals surface area contributed by atoms with E-state index in [4.69, 9.17) is 39.9 Å². The normalized spacial score (nSPS) is 26.1. The summed E-state index contributed by atoms with van der Waals surface area (Å²) in [6, 6.07) is 11.1. The maximum Gasteiger partial charge on any atom is 0.417 e. The number of pyridine rings is 1. The molecule has 0 bridgehead atoms. The van der Waals surface area contributed by atoms with E-state index in [0.29, 0.717) is 52.7 Å². The number of hydrogen-bond donors (Lipinski definition) is 3. The van der Waals surface area contributed by atoms with E-state index in [0.717, 1.165) is 0 Å². The summed E-state index contributed by atoms with van der Waals surface area (Å²) < 4.78 is 40.3. The molecule has 2 aromatic carbocycles. The fraction of sp³-hybridized carbons (Fsp3) is 0.368. The van der Waals surface area contributed by atoms with Gasteiger partial charge in [-0.3, -0.25) is 34.3 Å². The number of carboxylic acids is 1. The number of amides is 4. The number of nitrogens with zero attached hydrogens (tertiary/aromatic N) is 3. The van der Waals surface area contributed by atoms with Gasteiger partial charge in [0, 0.05) is 40.7 Å². The lowest BCUT2D eigenvalue weighted by atomic mass is 9.49. The van der Waals surface area contributed by atoms with Gasteiger partial charge in [-0.1, -0.05) is 65.0 Å². The number of benzene rings is 2. The molecular formula is C38H32Cl3F3N4O7. The van der Waals surface area contributed by atoms with E-state index in [9.17, 15) is 37.5 Å². The van der Waals surface area contributed by atoms with Crippen LogP contribution in [0, 0.1) is 23.7 Å². The zero-order valence-corrected chi connectivity index (χ0v) is 30.9. The van der Waals surface area contributed by atoms with Crippen molar-refractivity contribution in [3.63, 3.8) is 0 Å². The number of phenols is 1. The zero-order chi connectivity index (χ0) is 39.6. The van der Waals surface area contributed by atoms with Gasteiger partial charge in [-0.25, -0.2) is 4.98 Å². The number of nitrogens with one attached hydrogen (secondary N) is 1. The Hall–Kier alpha value is -4.66. The molecule has 0 unspecified atom stereocenters. The fourth-order valence-electron chi connectivity index (χ4n) is 8.89. The van der Waals surface area contributed by atoms with Crippen LogP contribution in [0.1, 0.15) is 61.1 Å². The summed E-state index contributed by atoms with van der Waals surface area (Å²) in [5, 5.41) is 21.1. The number of hydrogen-bond acceptors (Lipinski definition) is 8. The number of imide groups is 2. The minimum absolute atomic E-state index is 0.0449. The molecule has 2 aliphatic carbocycles. The molecule has 288 valence electrons. The number of fused-ring (bicyclic) bond motifs is 4. The Labute approximate surface area is 327 Å². The van der Waals surface area contributed by atoms with Crippen molar-refractivity contribution in [1.29, 1.82) is 0 Å². The quantitative estimate of drug-likeness (QED) is 0.108. The molecule has 2 aliphatic heterocycles. The first-order valence-electron chi connectivity index (χ1n) is 17.4. The molecule has 11 nitrogen and oxygen atoms in total. The highest BCUT2D eigenvalue weighted by atomic mass is 35.5. The number of allylic oxidation sites excluding steroid dienone is 2. The summed E-state index contributed by atoms with van der Waals surface area (Å²) in [4.78, 5) is 73.9. The van der Waals surface area contributed by atoms with Crippen molar-refractivity contribution >= 4 is 70.2 Å². The summed E-state index contributed by atoms with van der Waals surface area (Å²) in [6.45, 7) is 0.0823. The van der Waals surface area contributed by atoms with E-state index >= 15 is 4.79 Å². The molecule has 0 radical (unpaired) electrons. The lowest BCUT2D eigenvalue weighted by molar-refractivity contribution is -0.141. The van der Waals surface area contributed by atoms with Crippen molar-refractivity contribution in [3.8, 4) is 5.75 Å². The van der Waals surface area contributed by atoms with E-state index < -0.39 is 81.3 Å². The van der Waals surface area contributed by atoms with E-state index in [2.05, 4.69) is 10.4 Å². The SMILES string of the molecule is O=C(O)CCCCCN1C(=O)[C@H]2[C@H](CC=C3[C@H]2C[C@H]2C(=O)N(Nc4ncc(C(F)(F)F)cc4Cl)C(=O)[C@@]2(c2ccc(Cl)cc2)[C@H]3c2cc(Cl)ccc2O)C1=O. The van der Waals surface area contributed by atoms with Crippen LogP contribution in [0.15, 0.2) is 66.4 Å². The zero-order valence-electron chi connectivity index (χ0n) is 28.7. The standard InChI is InChI=1S/C38H32Cl3F3N4O7/c39-20-7-5-18(6-8-20)37-26(34(53)48(36(37)55)46-32-27(41)14-19(17-45-32)38(42,43)44)16-24-22(31(37)25-15-21(40)9-12-28(25)49)10-11-23-30(24)35(54)47(33(23)52)13-3-1-2-4-29(50)51/h5-10,12,14-15,17,23-24,26,30-31,49H,1-4,11,13,16H2,(H,45,46)(H,50,51)/t23-,24+,26-,30-,31+,37+/m0/s1. The van der Waals surface area contributed by atoms with Gasteiger partial charge in [-0.2, -0.15) is 18.2 Å². The number of aromatic nitrogens is 1. The Bertz CT molecular complexity index is 2150. The van der Waals surface area contributed by atoms with Gasteiger partial charge in [0.15, 0.2) is 5.82 Å². The van der Waals surface area contributed by atoms with Crippen molar-refractivity contribution in [2.75, 3.05) is 12.0 Å². The highest BCUT2D eigenvalue weighted by Crippen LogP contribution is 2.65. The van der Waals surface area contributed by atoms with Crippen LogP contribution in [-0.4, -0.2) is 61.2 Å². The summed E-state index contributed by atoms with van der Waals surface area (Å²) in [5.74, 6) is -8.99. The first kappa shape index (κ1) is 38.6. The molecule has 6 atom stereocenters. The number of phenolic OH excluding ortho intramolecular Hbond substituents is 1. The smallest absolute Gasteiger partial charge is 0.417 e. The molecule has 3 heterocycles. The number of aliphatic carboxylic acids is 1. The molecule has 4 aliphatic rings. The third-order valence-electron chi connectivity index (χ3n) is 11.2. The molecule has 0 spiro atoms. The second kappa shape index (κ2) is 14.4. The lowest BCUT2D eigenvalue weighted by Crippen LogP contribution is -2.53. The number of hydrazine groups is 1. The second-order valence-corrected chi connectivity index (χ2v) is 15.4. The Balaban J connectivity index is 1.35. The Morgan fingerprint density at radius 1 is 0.927 bits per heavy atom. The van der Waals surface area contributed by atoms with Crippen LogP contribution in [0.25, 0.3) is 0 Å². The van der Waals surface area contributed by atoms with Gasteiger partial charge in [0.2, 0.25) is 11.8 Å². The Morgan fingerprint density at radius 2 is 1.64 bits per heavy atom. The van der Waals surface area contributed by atoms with Gasteiger partial charge in [0.05, 0.1) is 33.8 Å². The minimum Gasteiger partial charge on any atom is -0.508 e. The van der Waals surface area contributed by atoms with Gasteiger partial charge < -0.3 is 10.2 Å². The third kappa shape index (κ3) is 6.51.